The van der Waals surface area contributed by atoms with Gasteiger partial charge in [0, 0.05) is 5.75 Å². The molecule has 134 valence electrons. The van der Waals surface area contributed by atoms with E-state index in [0.717, 1.165) is 12.7 Å². The molecule has 1 unspecified atom stereocenters. The van der Waals surface area contributed by atoms with Crippen molar-refractivity contribution in [3.63, 3.8) is 0 Å². The van der Waals surface area contributed by atoms with Gasteiger partial charge in [-0.2, -0.15) is 0 Å². The Morgan fingerprint density at radius 2 is 1.57 bits per heavy atom. The second-order valence-electron chi connectivity index (χ2n) is 6.01. The van der Waals surface area contributed by atoms with E-state index in [-0.39, 0.29) is 11.7 Å². The van der Waals surface area contributed by atoms with E-state index in [2.05, 4.69) is 13.0 Å². The molecule has 0 aromatic heterocycles. The van der Waals surface area contributed by atoms with Gasteiger partial charge in [-0.15, -0.1) is 11.8 Å². The minimum Gasteiger partial charge on any atom is -0.481 e. The Kier molecular flexibility index (Phi) is 17.0. The Labute approximate surface area is 146 Å². The molecule has 0 aliphatic carbocycles. The van der Waals surface area contributed by atoms with Gasteiger partial charge in [-0.25, -0.2) is 0 Å². The number of hydrogen-bond donors (Lipinski definition) is 1. The maximum absolute atomic E-state index is 10.9. The number of carboxylic acid groups (broad SMARTS) is 1. The summed E-state index contributed by atoms with van der Waals surface area (Å²) in [5, 5.41) is 8.37. The number of carboxylic acids is 1. The van der Waals surface area contributed by atoms with Crippen LogP contribution in [-0.4, -0.2) is 28.4 Å². The van der Waals surface area contributed by atoms with Crippen molar-refractivity contribution in [3.05, 3.63) is 12.2 Å². The van der Waals surface area contributed by atoms with Gasteiger partial charge in [0.05, 0.1) is 11.7 Å². The number of thioether (sulfide) groups is 1. The van der Waals surface area contributed by atoms with Crippen molar-refractivity contribution in [2.75, 3.05) is 5.75 Å². The fraction of sp³-hybridized carbons (Fsp3) is 0.789. The Morgan fingerprint density at radius 1 is 1.00 bits per heavy atom. The van der Waals surface area contributed by atoms with Crippen LogP contribution in [0.25, 0.3) is 0 Å². The topological polar surface area (TPSA) is 54.4 Å². The van der Waals surface area contributed by atoms with Crippen LogP contribution in [0, 0.1) is 0 Å². The number of aliphatic carboxylic acids is 1. The van der Waals surface area contributed by atoms with Crippen LogP contribution >= 0.6 is 11.8 Å². The zero-order valence-electron chi connectivity index (χ0n) is 14.7. The molecule has 4 heteroatoms. The Bertz CT molecular complexity index is 316. The fourth-order valence-corrected chi connectivity index (χ4v) is 3.27. The SMILES string of the molecule is CCCCCCCCCCCC/C=C\C(C=O)SCCC(=O)O. The summed E-state index contributed by atoms with van der Waals surface area (Å²) in [7, 11) is 0. The number of unbranched alkanes of at least 4 members (excludes halogenated alkanes) is 10. The molecular formula is C19H34O3S. The predicted octanol–water partition coefficient (Wildman–Crippen LogP) is 5.63. The zero-order chi connectivity index (χ0) is 17.2. The number of allylic oxidation sites excluding steroid dienone is 1. The van der Waals surface area contributed by atoms with Crippen LogP contribution in [0.5, 0.6) is 0 Å². The minimum atomic E-state index is -0.809. The Morgan fingerprint density at radius 3 is 2.09 bits per heavy atom. The third-order valence-electron chi connectivity index (χ3n) is 3.81. The highest BCUT2D eigenvalue weighted by Crippen LogP contribution is 2.14. The van der Waals surface area contributed by atoms with Gasteiger partial charge in [-0.1, -0.05) is 76.9 Å². The van der Waals surface area contributed by atoms with E-state index in [4.69, 9.17) is 5.11 Å². The van der Waals surface area contributed by atoms with E-state index in [1.54, 1.807) is 0 Å². The molecule has 0 saturated carbocycles. The smallest absolute Gasteiger partial charge is 0.304 e. The fourth-order valence-electron chi connectivity index (χ4n) is 2.40. The largest absolute Gasteiger partial charge is 0.481 e. The van der Waals surface area contributed by atoms with Gasteiger partial charge in [0.25, 0.3) is 0 Å². The van der Waals surface area contributed by atoms with Gasteiger partial charge in [-0.05, 0) is 12.8 Å². The first-order valence-corrected chi connectivity index (χ1v) is 10.2. The Hall–Kier alpha value is -0.770. The molecule has 0 aliphatic heterocycles. The summed E-state index contributed by atoms with van der Waals surface area (Å²) < 4.78 is 0. The highest BCUT2D eigenvalue weighted by Gasteiger charge is 2.04. The normalized spacial score (nSPS) is 12.6. The lowest BCUT2D eigenvalue weighted by Crippen LogP contribution is -2.04. The number of carbonyl (C=O) groups excluding carboxylic acids is 1. The number of rotatable bonds is 17. The molecule has 0 aromatic carbocycles. The third kappa shape index (κ3) is 17.4. The summed E-state index contributed by atoms with van der Waals surface area (Å²) in [5.74, 6) is -0.321. The quantitative estimate of drug-likeness (QED) is 0.211. The maximum Gasteiger partial charge on any atom is 0.304 e. The van der Waals surface area contributed by atoms with Crippen molar-refractivity contribution in [2.45, 2.75) is 89.2 Å². The van der Waals surface area contributed by atoms with E-state index in [0.29, 0.717) is 5.75 Å². The van der Waals surface area contributed by atoms with Crippen molar-refractivity contribution < 1.29 is 14.7 Å². The van der Waals surface area contributed by atoms with Gasteiger partial charge < -0.3 is 9.90 Å². The molecule has 0 aromatic rings. The van der Waals surface area contributed by atoms with Gasteiger partial charge in [-0.3, -0.25) is 4.79 Å². The standard InChI is InChI=1S/C19H34O3S/c1-2-3-4-5-6-7-8-9-10-11-12-13-14-18(17-20)23-16-15-19(21)22/h13-14,17-18H,2-12,15-16H2,1H3,(H,21,22)/b14-13-. The van der Waals surface area contributed by atoms with Gasteiger partial charge >= 0.3 is 5.97 Å². The number of aldehydes is 1. The predicted molar refractivity (Wildman–Crippen MR) is 100 cm³/mol. The first-order chi connectivity index (χ1) is 11.2. The van der Waals surface area contributed by atoms with E-state index >= 15 is 0 Å². The van der Waals surface area contributed by atoms with Crippen LogP contribution in [0.4, 0.5) is 0 Å². The molecule has 0 bridgehead atoms. The first-order valence-electron chi connectivity index (χ1n) is 9.16. The molecule has 0 radical (unpaired) electrons. The second kappa shape index (κ2) is 17.6. The average Bonchev–Trinajstić information content (AvgIpc) is 2.53. The van der Waals surface area contributed by atoms with E-state index < -0.39 is 5.97 Å². The molecule has 3 nitrogen and oxygen atoms in total. The summed E-state index contributed by atoms with van der Waals surface area (Å²) in [6.45, 7) is 2.25. The first kappa shape index (κ1) is 22.2. The number of hydrogen-bond acceptors (Lipinski definition) is 3. The summed E-state index contributed by atoms with van der Waals surface area (Å²) in [4.78, 5) is 21.3. The third-order valence-corrected chi connectivity index (χ3v) is 4.90. The van der Waals surface area contributed by atoms with E-state index in [9.17, 15) is 9.59 Å². The lowest BCUT2D eigenvalue weighted by Gasteiger charge is -2.03. The van der Waals surface area contributed by atoms with Crippen LogP contribution in [-0.2, 0) is 9.59 Å². The molecule has 1 N–H and O–H groups in total. The van der Waals surface area contributed by atoms with Crippen molar-refractivity contribution in [1.82, 2.24) is 0 Å². The molecule has 0 fully saturated rings. The van der Waals surface area contributed by atoms with Crippen molar-refractivity contribution in [2.24, 2.45) is 0 Å². The Balaban J connectivity index is 3.40. The van der Waals surface area contributed by atoms with Crippen LogP contribution in [0.15, 0.2) is 12.2 Å². The van der Waals surface area contributed by atoms with Crippen molar-refractivity contribution >= 4 is 24.0 Å². The van der Waals surface area contributed by atoms with Crippen LogP contribution in [0.3, 0.4) is 0 Å². The van der Waals surface area contributed by atoms with Crippen molar-refractivity contribution in [1.29, 1.82) is 0 Å². The van der Waals surface area contributed by atoms with Gasteiger partial charge in [0.1, 0.15) is 6.29 Å². The molecule has 0 aliphatic rings. The number of carbonyl (C=O) groups is 2. The van der Waals surface area contributed by atoms with Crippen LogP contribution < -0.4 is 0 Å². The van der Waals surface area contributed by atoms with E-state index in [1.165, 1.54) is 76.0 Å². The van der Waals surface area contributed by atoms with Crippen molar-refractivity contribution in [3.8, 4) is 0 Å². The monoisotopic (exact) mass is 342 g/mol. The van der Waals surface area contributed by atoms with E-state index in [1.807, 2.05) is 6.08 Å². The molecular weight excluding hydrogens is 308 g/mol. The summed E-state index contributed by atoms with van der Waals surface area (Å²) in [5.41, 5.74) is 0. The highest BCUT2D eigenvalue weighted by atomic mass is 32.2. The maximum atomic E-state index is 10.9. The minimum absolute atomic E-state index is 0.112. The van der Waals surface area contributed by atoms with Gasteiger partial charge in [0.2, 0.25) is 0 Å². The molecule has 0 amide bonds. The lowest BCUT2D eigenvalue weighted by molar-refractivity contribution is -0.136. The molecule has 0 saturated heterocycles. The van der Waals surface area contributed by atoms with Crippen LogP contribution in [0.2, 0.25) is 0 Å². The molecule has 23 heavy (non-hydrogen) atoms. The molecule has 0 spiro atoms. The molecule has 1 atom stereocenters. The van der Waals surface area contributed by atoms with Gasteiger partial charge in [0.15, 0.2) is 0 Å². The average molecular weight is 343 g/mol. The lowest BCUT2D eigenvalue weighted by atomic mass is 10.1. The highest BCUT2D eigenvalue weighted by molar-refractivity contribution is 8.00. The summed E-state index contributed by atoms with van der Waals surface area (Å²) >= 11 is 1.40. The zero-order valence-corrected chi connectivity index (χ0v) is 15.5. The molecule has 0 heterocycles. The summed E-state index contributed by atoms with van der Waals surface area (Å²) in [6, 6.07) is 0. The summed E-state index contributed by atoms with van der Waals surface area (Å²) in [6.07, 6.45) is 19.3. The second-order valence-corrected chi connectivity index (χ2v) is 7.30. The molecule has 0 rings (SSSR count). The van der Waals surface area contributed by atoms with Crippen LogP contribution in [0.1, 0.15) is 84.0 Å².